The number of aliphatic hydroxyl groups is 1. The molecule has 74 valence electrons. The molecule has 0 spiro atoms. The molecule has 13 heavy (non-hydrogen) atoms. The molecule has 1 rings (SSSR count). The van der Waals surface area contributed by atoms with Gasteiger partial charge in [-0.15, -0.1) is 10.2 Å². The van der Waals surface area contributed by atoms with E-state index in [4.69, 9.17) is 5.11 Å². The first-order chi connectivity index (χ1) is 6.09. The maximum absolute atomic E-state index is 9.08. The standard InChI is InChI=1S/C7H12BrN3OS/c1-5(12)3-4-11(2)7-10-9-6(8)13-7/h5,12H,3-4H2,1-2H3. The molecule has 0 saturated heterocycles. The minimum Gasteiger partial charge on any atom is -0.393 e. The molecule has 4 nitrogen and oxygen atoms in total. The van der Waals surface area contributed by atoms with E-state index in [0.29, 0.717) is 0 Å². The van der Waals surface area contributed by atoms with Gasteiger partial charge in [0, 0.05) is 13.6 Å². The van der Waals surface area contributed by atoms with Crippen molar-refractivity contribution >= 4 is 32.4 Å². The lowest BCUT2D eigenvalue weighted by atomic mass is 10.3. The molecule has 0 aliphatic rings. The Labute approximate surface area is 89.7 Å². The van der Waals surface area contributed by atoms with Crippen LogP contribution in [-0.4, -0.2) is 35.0 Å². The molecule has 1 aromatic rings. The van der Waals surface area contributed by atoms with Gasteiger partial charge in [0.1, 0.15) is 0 Å². The van der Waals surface area contributed by atoms with Crippen molar-refractivity contribution in [1.82, 2.24) is 10.2 Å². The average molecular weight is 266 g/mol. The zero-order valence-corrected chi connectivity index (χ0v) is 9.97. The molecular formula is C7H12BrN3OS. The largest absolute Gasteiger partial charge is 0.393 e. The van der Waals surface area contributed by atoms with E-state index in [-0.39, 0.29) is 6.10 Å². The fourth-order valence-electron chi connectivity index (χ4n) is 0.829. The number of nitrogens with zero attached hydrogens (tertiary/aromatic N) is 3. The van der Waals surface area contributed by atoms with Gasteiger partial charge < -0.3 is 10.0 Å². The molecule has 0 radical (unpaired) electrons. The van der Waals surface area contributed by atoms with E-state index in [9.17, 15) is 0 Å². The molecule has 0 aliphatic carbocycles. The number of aliphatic hydroxyl groups excluding tert-OH is 1. The third kappa shape index (κ3) is 3.58. The van der Waals surface area contributed by atoms with Crippen LogP contribution < -0.4 is 4.90 Å². The Morgan fingerprint density at radius 2 is 2.31 bits per heavy atom. The summed E-state index contributed by atoms with van der Waals surface area (Å²) in [6, 6.07) is 0. The van der Waals surface area contributed by atoms with Crippen molar-refractivity contribution in [3.8, 4) is 0 Å². The van der Waals surface area contributed by atoms with Gasteiger partial charge in [-0.1, -0.05) is 11.3 Å². The Morgan fingerprint density at radius 3 is 2.77 bits per heavy atom. The normalized spacial score (nSPS) is 12.9. The minimum atomic E-state index is -0.265. The van der Waals surface area contributed by atoms with Gasteiger partial charge in [0.05, 0.1) is 6.10 Å². The second-order valence-electron chi connectivity index (χ2n) is 2.90. The summed E-state index contributed by atoms with van der Waals surface area (Å²) < 4.78 is 0.784. The molecule has 0 fully saturated rings. The van der Waals surface area contributed by atoms with Gasteiger partial charge in [-0.25, -0.2) is 0 Å². The number of hydrogen-bond donors (Lipinski definition) is 1. The first-order valence-electron chi connectivity index (χ1n) is 3.98. The Hall–Kier alpha value is -0.200. The van der Waals surface area contributed by atoms with Crippen molar-refractivity contribution in [2.45, 2.75) is 19.4 Å². The van der Waals surface area contributed by atoms with Crippen LogP contribution in [0.15, 0.2) is 3.92 Å². The highest BCUT2D eigenvalue weighted by Crippen LogP contribution is 2.23. The van der Waals surface area contributed by atoms with Crippen molar-refractivity contribution in [2.24, 2.45) is 0 Å². The third-order valence-corrected chi connectivity index (χ3v) is 3.07. The van der Waals surface area contributed by atoms with Gasteiger partial charge >= 0.3 is 0 Å². The monoisotopic (exact) mass is 265 g/mol. The summed E-state index contributed by atoms with van der Waals surface area (Å²) in [5.41, 5.74) is 0. The molecule has 0 aromatic carbocycles. The van der Waals surface area contributed by atoms with Crippen molar-refractivity contribution in [1.29, 1.82) is 0 Å². The third-order valence-electron chi connectivity index (χ3n) is 1.60. The van der Waals surface area contributed by atoms with Crippen molar-refractivity contribution in [2.75, 3.05) is 18.5 Å². The Balaban J connectivity index is 2.44. The lowest BCUT2D eigenvalue weighted by Crippen LogP contribution is -2.21. The fraction of sp³-hybridized carbons (Fsp3) is 0.714. The van der Waals surface area contributed by atoms with Crippen LogP contribution in [0.4, 0.5) is 5.13 Å². The first-order valence-corrected chi connectivity index (χ1v) is 5.58. The van der Waals surface area contributed by atoms with E-state index in [1.165, 1.54) is 11.3 Å². The summed E-state index contributed by atoms with van der Waals surface area (Å²) in [7, 11) is 1.94. The van der Waals surface area contributed by atoms with Gasteiger partial charge in [0.2, 0.25) is 5.13 Å². The summed E-state index contributed by atoms with van der Waals surface area (Å²) in [5, 5.41) is 17.8. The van der Waals surface area contributed by atoms with E-state index in [0.717, 1.165) is 22.0 Å². The number of aromatic nitrogens is 2. The molecule has 1 atom stereocenters. The van der Waals surface area contributed by atoms with Crippen LogP contribution in [0, 0.1) is 0 Å². The predicted octanol–water partition coefficient (Wildman–Crippen LogP) is 1.51. The number of hydrogen-bond acceptors (Lipinski definition) is 5. The molecule has 0 aliphatic heterocycles. The quantitative estimate of drug-likeness (QED) is 0.897. The average Bonchev–Trinajstić information content (AvgIpc) is 2.47. The van der Waals surface area contributed by atoms with E-state index in [1.807, 2.05) is 11.9 Å². The molecule has 1 N–H and O–H groups in total. The highest BCUT2D eigenvalue weighted by atomic mass is 79.9. The smallest absolute Gasteiger partial charge is 0.208 e. The van der Waals surface area contributed by atoms with E-state index in [1.54, 1.807) is 6.92 Å². The van der Waals surface area contributed by atoms with Crippen LogP contribution in [0.3, 0.4) is 0 Å². The topological polar surface area (TPSA) is 49.2 Å². The van der Waals surface area contributed by atoms with Gasteiger partial charge in [-0.2, -0.15) is 0 Å². The first kappa shape index (κ1) is 10.9. The summed E-state index contributed by atoms with van der Waals surface area (Å²) in [5.74, 6) is 0. The van der Waals surface area contributed by atoms with Crippen LogP contribution in [0.1, 0.15) is 13.3 Å². The van der Waals surface area contributed by atoms with Crippen molar-refractivity contribution in [3.05, 3.63) is 3.92 Å². The minimum absolute atomic E-state index is 0.265. The lowest BCUT2D eigenvalue weighted by Gasteiger charge is -2.15. The molecular weight excluding hydrogens is 254 g/mol. The Bertz CT molecular complexity index is 266. The maximum atomic E-state index is 9.08. The van der Waals surface area contributed by atoms with Crippen LogP contribution in [0.2, 0.25) is 0 Å². The molecule has 0 amide bonds. The molecule has 6 heteroatoms. The summed E-state index contributed by atoms with van der Waals surface area (Å²) in [6.45, 7) is 2.57. The molecule has 1 aromatic heterocycles. The van der Waals surface area contributed by atoms with Gasteiger partial charge in [-0.05, 0) is 29.3 Å². The Morgan fingerprint density at radius 1 is 1.62 bits per heavy atom. The lowest BCUT2D eigenvalue weighted by molar-refractivity contribution is 0.187. The number of anilines is 1. The molecule has 0 bridgehead atoms. The zero-order valence-electron chi connectivity index (χ0n) is 7.57. The summed E-state index contributed by atoms with van der Waals surface area (Å²) in [6.07, 6.45) is 0.479. The maximum Gasteiger partial charge on any atom is 0.208 e. The summed E-state index contributed by atoms with van der Waals surface area (Å²) >= 11 is 4.74. The van der Waals surface area contributed by atoms with Crippen LogP contribution in [0.25, 0.3) is 0 Å². The van der Waals surface area contributed by atoms with Crippen LogP contribution in [0.5, 0.6) is 0 Å². The molecule has 1 heterocycles. The molecule has 0 saturated carbocycles. The van der Waals surface area contributed by atoms with E-state index >= 15 is 0 Å². The SMILES string of the molecule is CC(O)CCN(C)c1nnc(Br)s1. The Kier molecular flexibility index (Phi) is 4.08. The second-order valence-corrected chi connectivity index (χ2v) is 5.13. The zero-order chi connectivity index (χ0) is 9.84. The van der Waals surface area contributed by atoms with Gasteiger partial charge in [-0.3, -0.25) is 0 Å². The second kappa shape index (κ2) is 4.88. The molecule has 1 unspecified atom stereocenters. The van der Waals surface area contributed by atoms with E-state index in [2.05, 4.69) is 26.1 Å². The van der Waals surface area contributed by atoms with Crippen LogP contribution in [-0.2, 0) is 0 Å². The summed E-state index contributed by atoms with van der Waals surface area (Å²) in [4.78, 5) is 1.98. The predicted molar refractivity (Wildman–Crippen MR) is 57.2 cm³/mol. The van der Waals surface area contributed by atoms with E-state index < -0.39 is 0 Å². The van der Waals surface area contributed by atoms with Crippen LogP contribution >= 0.6 is 27.3 Å². The highest BCUT2D eigenvalue weighted by Gasteiger charge is 2.07. The van der Waals surface area contributed by atoms with Gasteiger partial charge in [0.15, 0.2) is 3.92 Å². The number of rotatable bonds is 4. The van der Waals surface area contributed by atoms with Crippen molar-refractivity contribution < 1.29 is 5.11 Å². The number of halogens is 1. The van der Waals surface area contributed by atoms with Crippen molar-refractivity contribution in [3.63, 3.8) is 0 Å². The van der Waals surface area contributed by atoms with Gasteiger partial charge in [0.25, 0.3) is 0 Å². The fourth-order valence-corrected chi connectivity index (χ4v) is 1.90. The highest BCUT2D eigenvalue weighted by molar-refractivity contribution is 9.11.